The van der Waals surface area contributed by atoms with Crippen LogP contribution in [-0.2, 0) is 6.54 Å². The zero-order valence-corrected chi connectivity index (χ0v) is 14.6. The van der Waals surface area contributed by atoms with E-state index in [0.717, 1.165) is 43.0 Å². The quantitative estimate of drug-likeness (QED) is 0.928. The van der Waals surface area contributed by atoms with Crippen molar-refractivity contribution in [2.24, 2.45) is 0 Å². The number of carbonyl (C=O) groups excluding carboxylic acids is 1. The summed E-state index contributed by atoms with van der Waals surface area (Å²) in [5, 5.41) is 2.84. The lowest BCUT2D eigenvalue weighted by Gasteiger charge is -2.28. The van der Waals surface area contributed by atoms with Crippen molar-refractivity contribution in [2.75, 3.05) is 20.1 Å². The lowest BCUT2D eigenvalue weighted by molar-refractivity contribution is 0.0945. The molecule has 0 unspecified atom stereocenters. The van der Waals surface area contributed by atoms with Crippen LogP contribution in [-0.4, -0.2) is 40.9 Å². The van der Waals surface area contributed by atoms with E-state index in [1.807, 2.05) is 6.92 Å². The molecule has 1 aromatic heterocycles. The minimum Gasteiger partial charge on any atom is -0.347 e. The number of carbonyl (C=O) groups is 1. The van der Waals surface area contributed by atoms with Gasteiger partial charge in [-0.2, -0.15) is 0 Å². The summed E-state index contributed by atoms with van der Waals surface area (Å²) < 4.78 is 12.9. The molecule has 1 amide bonds. The van der Waals surface area contributed by atoms with Gasteiger partial charge in [-0.05, 0) is 57.1 Å². The minimum atomic E-state index is -0.288. The minimum absolute atomic E-state index is 0.236. The maximum Gasteiger partial charge on any atom is 0.270 e. The van der Waals surface area contributed by atoms with Crippen LogP contribution in [0.1, 0.15) is 46.3 Å². The highest BCUT2D eigenvalue weighted by molar-refractivity contribution is 5.92. The molecule has 5 nitrogen and oxygen atoms in total. The molecular formula is C19H23FN4O. The summed E-state index contributed by atoms with van der Waals surface area (Å²) in [7, 11) is 2.10. The molecule has 1 atom stereocenters. The lowest BCUT2D eigenvalue weighted by Crippen LogP contribution is -2.32. The predicted molar refractivity (Wildman–Crippen MR) is 93.8 cm³/mol. The molecule has 0 radical (unpaired) electrons. The van der Waals surface area contributed by atoms with Crippen LogP contribution < -0.4 is 5.32 Å². The Labute approximate surface area is 147 Å². The van der Waals surface area contributed by atoms with Crippen molar-refractivity contribution in [1.82, 2.24) is 20.2 Å². The first-order valence-electron chi connectivity index (χ1n) is 8.58. The van der Waals surface area contributed by atoms with E-state index < -0.39 is 0 Å². The van der Waals surface area contributed by atoms with Gasteiger partial charge in [-0.1, -0.05) is 12.1 Å². The highest BCUT2D eigenvalue weighted by Crippen LogP contribution is 2.24. The average molecular weight is 342 g/mol. The number of piperidine rings is 1. The summed E-state index contributed by atoms with van der Waals surface area (Å²) in [6.07, 6.45) is 2.16. The fourth-order valence-corrected chi connectivity index (χ4v) is 3.14. The van der Waals surface area contributed by atoms with Crippen LogP contribution in [0.3, 0.4) is 0 Å². The number of aromatic nitrogens is 2. The summed E-state index contributed by atoms with van der Waals surface area (Å²) >= 11 is 0. The van der Waals surface area contributed by atoms with Gasteiger partial charge in [0, 0.05) is 24.7 Å². The molecule has 1 saturated heterocycles. The molecule has 6 heteroatoms. The molecule has 132 valence electrons. The van der Waals surface area contributed by atoms with E-state index >= 15 is 0 Å². The van der Waals surface area contributed by atoms with Gasteiger partial charge in [0.15, 0.2) is 0 Å². The number of likely N-dealkylation sites (tertiary alicyclic amines) is 1. The summed E-state index contributed by atoms with van der Waals surface area (Å²) in [6.45, 7) is 4.23. The molecule has 1 N–H and O–H groups in total. The topological polar surface area (TPSA) is 58.1 Å². The van der Waals surface area contributed by atoms with Gasteiger partial charge in [0.25, 0.3) is 5.91 Å². The number of likely N-dealkylation sites (N-methyl/N-ethyl adjacent to an activating group) is 1. The number of hydrogen-bond acceptors (Lipinski definition) is 4. The first-order chi connectivity index (χ1) is 12.0. The number of amides is 1. The highest BCUT2D eigenvalue weighted by Gasteiger charge is 2.22. The molecule has 1 aromatic carbocycles. The molecule has 1 aliphatic rings. The third-order valence-electron chi connectivity index (χ3n) is 4.46. The highest BCUT2D eigenvalue weighted by atomic mass is 19.1. The van der Waals surface area contributed by atoms with Gasteiger partial charge >= 0.3 is 0 Å². The van der Waals surface area contributed by atoms with E-state index in [2.05, 4.69) is 27.2 Å². The molecule has 25 heavy (non-hydrogen) atoms. The van der Waals surface area contributed by atoms with Crippen molar-refractivity contribution < 1.29 is 9.18 Å². The normalized spacial score (nSPS) is 18.1. The molecule has 0 bridgehead atoms. The Hall–Kier alpha value is -2.34. The summed E-state index contributed by atoms with van der Waals surface area (Å²) in [5.74, 6) is 0.490. The van der Waals surface area contributed by atoms with Crippen LogP contribution in [0.4, 0.5) is 4.39 Å². The number of aryl methyl sites for hydroxylation is 1. The van der Waals surface area contributed by atoms with Crippen molar-refractivity contribution in [1.29, 1.82) is 0 Å². The first kappa shape index (κ1) is 17.5. The molecule has 2 aromatic rings. The molecule has 0 spiro atoms. The number of nitrogens with zero attached hydrogens (tertiary/aromatic N) is 3. The van der Waals surface area contributed by atoms with E-state index in [0.29, 0.717) is 12.2 Å². The Kier molecular flexibility index (Phi) is 5.38. The second-order valence-electron chi connectivity index (χ2n) is 6.66. The van der Waals surface area contributed by atoms with E-state index in [1.54, 1.807) is 18.2 Å². The van der Waals surface area contributed by atoms with Crippen molar-refractivity contribution in [3.05, 3.63) is 58.9 Å². The molecule has 3 rings (SSSR count). The largest absolute Gasteiger partial charge is 0.347 e. The van der Waals surface area contributed by atoms with Gasteiger partial charge in [0.2, 0.25) is 0 Å². The maximum absolute atomic E-state index is 12.9. The van der Waals surface area contributed by atoms with Gasteiger partial charge in [0.05, 0.1) is 0 Å². The monoisotopic (exact) mass is 342 g/mol. The van der Waals surface area contributed by atoms with Crippen LogP contribution >= 0.6 is 0 Å². The number of rotatable bonds is 4. The SMILES string of the molecule is Cc1cc(C(=O)NCc2ccc(F)cc2)nc([C@@H]2CCCN(C)C2)n1. The van der Waals surface area contributed by atoms with E-state index in [1.165, 1.54) is 12.1 Å². The van der Waals surface area contributed by atoms with Crippen LogP contribution in [0.2, 0.25) is 0 Å². The molecule has 2 heterocycles. The summed E-state index contributed by atoms with van der Waals surface area (Å²) in [4.78, 5) is 23.8. The van der Waals surface area contributed by atoms with Crippen LogP contribution in [0.25, 0.3) is 0 Å². The van der Waals surface area contributed by atoms with Crippen molar-refractivity contribution in [2.45, 2.75) is 32.2 Å². The molecular weight excluding hydrogens is 319 g/mol. The smallest absolute Gasteiger partial charge is 0.270 e. The molecule has 0 saturated carbocycles. The Bertz CT molecular complexity index is 748. The van der Waals surface area contributed by atoms with Crippen molar-refractivity contribution >= 4 is 5.91 Å². The lowest BCUT2D eigenvalue weighted by atomic mass is 9.97. The fourth-order valence-electron chi connectivity index (χ4n) is 3.14. The number of hydrogen-bond donors (Lipinski definition) is 1. The van der Waals surface area contributed by atoms with Gasteiger partial charge < -0.3 is 10.2 Å². The predicted octanol–water partition coefficient (Wildman–Crippen LogP) is 2.66. The molecule has 1 fully saturated rings. The van der Waals surface area contributed by atoms with Crippen molar-refractivity contribution in [3.63, 3.8) is 0 Å². The van der Waals surface area contributed by atoms with Gasteiger partial charge in [-0.25, -0.2) is 14.4 Å². The van der Waals surface area contributed by atoms with Crippen molar-refractivity contribution in [3.8, 4) is 0 Å². The Balaban J connectivity index is 1.70. The van der Waals surface area contributed by atoms with Gasteiger partial charge in [0.1, 0.15) is 17.3 Å². The van der Waals surface area contributed by atoms with E-state index in [9.17, 15) is 9.18 Å². The van der Waals surface area contributed by atoms with Crippen LogP contribution in [0.5, 0.6) is 0 Å². The first-order valence-corrected chi connectivity index (χ1v) is 8.58. The number of benzene rings is 1. The maximum atomic E-state index is 12.9. The second-order valence-corrected chi connectivity index (χ2v) is 6.66. The van der Waals surface area contributed by atoms with E-state index in [-0.39, 0.29) is 17.6 Å². The average Bonchev–Trinajstić information content (AvgIpc) is 2.60. The Morgan fingerprint density at radius 2 is 2.08 bits per heavy atom. The second kappa shape index (κ2) is 7.70. The van der Waals surface area contributed by atoms with E-state index in [4.69, 9.17) is 0 Å². The Morgan fingerprint density at radius 1 is 1.32 bits per heavy atom. The number of nitrogens with one attached hydrogen (secondary N) is 1. The molecule has 1 aliphatic heterocycles. The number of halogens is 1. The summed E-state index contributed by atoms with van der Waals surface area (Å²) in [6, 6.07) is 7.78. The van der Waals surface area contributed by atoms with Crippen LogP contribution in [0.15, 0.2) is 30.3 Å². The van der Waals surface area contributed by atoms with Crippen LogP contribution in [0, 0.1) is 12.7 Å². The Morgan fingerprint density at radius 3 is 2.80 bits per heavy atom. The fraction of sp³-hybridized carbons (Fsp3) is 0.421. The zero-order valence-electron chi connectivity index (χ0n) is 14.6. The van der Waals surface area contributed by atoms with Gasteiger partial charge in [-0.3, -0.25) is 4.79 Å². The summed E-state index contributed by atoms with van der Waals surface area (Å²) in [5.41, 5.74) is 2.03. The zero-order chi connectivity index (χ0) is 17.8. The van der Waals surface area contributed by atoms with Gasteiger partial charge in [-0.15, -0.1) is 0 Å². The standard InChI is InChI=1S/C19H23FN4O/c1-13-10-17(19(25)21-11-14-5-7-16(20)8-6-14)23-18(22-13)15-4-3-9-24(2)12-15/h5-8,10,15H,3-4,9,11-12H2,1-2H3,(H,21,25)/t15-/m1/s1. The third-order valence-corrected chi connectivity index (χ3v) is 4.46. The third kappa shape index (κ3) is 4.60. The molecule has 0 aliphatic carbocycles.